The Labute approximate surface area is 165 Å². The van der Waals surface area contributed by atoms with Crippen LogP contribution in [0.3, 0.4) is 0 Å². The lowest BCUT2D eigenvalue weighted by Crippen LogP contribution is -2.45. The zero-order chi connectivity index (χ0) is 20.3. The Morgan fingerprint density at radius 1 is 1.25 bits per heavy atom. The van der Waals surface area contributed by atoms with Crippen molar-refractivity contribution >= 4 is 29.3 Å². The van der Waals surface area contributed by atoms with E-state index in [1.165, 1.54) is 18.2 Å². The van der Waals surface area contributed by atoms with E-state index in [1.54, 1.807) is 6.92 Å². The van der Waals surface area contributed by atoms with E-state index in [2.05, 4.69) is 10.6 Å². The van der Waals surface area contributed by atoms with E-state index in [1.807, 2.05) is 30.3 Å². The average Bonchev–Trinajstić information content (AvgIpc) is 2.66. The van der Waals surface area contributed by atoms with Crippen molar-refractivity contribution in [2.24, 2.45) is 0 Å². The number of hydrogen-bond acceptors (Lipinski definition) is 5. The fraction of sp³-hybridized carbons (Fsp3) is 0.158. The van der Waals surface area contributed by atoms with Gasteiger partial charge in [0.15, 0.2) is 0 Å². The quantitative estimate of drug-likeness (QED) is 0.451. The average molecular weight is 402 g/mol. The first-order valence-corrected chi connectivity index (χ1v) is 8.68. The number of nitro benzene ring substituents is 1. The summed E-state index contributed by atoms with van der Waals surface area (Å²) >= 11 is 5.86. The number of carbonyl (C=O) groups is 2. The minimum atomic E-state index is -0.909. The van der Waals surface area contributed by atoms with Crippen molar-refractivity contribution in [3.05, 3.63) is 86.1 Å². The van der Waals surface area contributed by atoms with Gasteiger partial charge < -0.3 is 15.4 Å². The molecule has 9 heteroatoms. The number of rotatable bonds is 5. The Hall–Kier alpha value is -3.39. The standard InChI is InChI=1S/C19H16ClN3O5/c1-11-16(18(24)28-10-12-5-3-2-4-6-12)17(22-19(25)21-11)13-7-8-14(20)15(9-13)23(26)27/h2-9,17H,10H2,1H3,(H2,21,22,25). The molecule has 0 bridgehead atoms. The molecule has 1 heterocycles. The summed E-state index contributed by atoms with van der Waals surface area (Å²) in [6.45, 7) is 1.62. The highest BCUT2D eigenvalue weighted by Crippen LogP contribution is 2.33. The van der Waals surface area contributed by atoms with E-state index in [9.17, 15) is 19.7 Å². The molecule has 8 nitrogen and oxygen atoms in total. The molecule has 1 aliphatic rings. The van der Waals surface area contributed by atoms with Crippen LogP contribution in [0.1, 0.15) is 24.1 Å². The van der Waals surface area contributed by atoms with Crippen LogP contribution in [-0.2, 0) is 16.1 Å². The summed E-state index contributed by atoms with van der Waals surface area (Å²) in [7, 11) is 0. The molecule has 2 N–H and O–H groups in total. The van der Waals surface area contributed by atoms with Crippen LogP contribution in [0.2, 0.25) is 5.02 Å². The normalized spacial score (nSPS) is 16.2. The predicted octanol–water partition coefficient (Wildman–Crippen LogP) is 3.62. The largest absolute Gasteiger partial charge is 0.457 e. The topological polar surface area (TPSA) is 111 Å². The number of ether oxygens (including phenoxy) is 1. The summed E-state index contributed by atoms with van der Waals surface area (Å²) in [4.78, 5) is 35.2. The maximum atomic E-state index is 12.7. The van der Waals surface area contributed by atoms with Crippen LogP contribution >= 0.6 is 11.6 Å². The van der Waals surface area contributed by atoms with Crippen molar-refractivity contribution in [3.63, 3.8) is 0 Å². The molecule has 0 saturated carbocycles. The maximum Gasteiger partial charge on any atom is 0.338 e. The summed E-state index contributed by atoms with van der Waals surface area (Å²) in [6, 6.07) is 11.8. The van der Waals surface area contributed by atoms with Crippen molar-refractivity contribution in [3.8, 4) is 0 Å². The first-order valence-electron chi connectivity index (χ1n) is 8.30. The number of benzene rings is 2. The van der Waals surface area contributed by atoms with E-state index >= 15 is 0 Å². The second kappa shape index (κ2) is 8.10. The molecule has 2 amide bonds. The highest BCUT2D eigenvalue weighted by atomic mass is 35.5. The van der Waals surface area contributed by atoms with Crippen LogP contribution in [0.15, 0.2) is 59.8 Å². The lowest BCUT2D eigenvalue weighted by Gasteiger charge is -2.28. The van der Waals surface area contributed by atoms with Gasteiger partial charge in [-0.2, -0.15) is 0 Å². The number of nitro groups is 1. The Bertz CT molecular complexity index is 975. The number of allylic oxidation sites excluding steroid dienone is 1. The van der Waals surface area contributed by atoms with Crippen LogP contribution in [-0.4, -0.2) is 16.9 Å². The van der Waals surface area contributed by atoms with Gasteiger partial charge in [-0.25, -0.2) is 9.59 Å². The molecule has 0 spiro atoms. The smallest absolute Gasteiger partial charge is 0.338 e. The number of carbonyl (C=O) groups excluding carboxylic acids is 2. The number of amides is 2. The minimum Gasteiger partial charge on any atom is -0.457 e. The van der Waals surface area contributed by atoms with Gasteiger partial charge in [-0.3, -0.25) is 10.1 Å². The van der Waals surface area contributed by atoms with Gasteiger partial charge in [0.25, 0.3) is 5.69 Å². The maximum absolute atomic E-state index is 12.7. The first kappa shape index (κ1) is 19.4. The summed E-state index contributed by atoms with van der Waals surface area (Å²) in [6.07, 6.45) is 0. The second-order valence-electron chi connectivity index (χ2n) is 6.10. The fourth-order valence-corrected chi connectivity index (χ4v) is 3.05. The number of nitrogens with zero attached hydrogens (tertiary/aromatic N) is 1. The Morgan fingerprint density at radius 2 is 1.96 bits per heavy atom. The third-order valence-corrected chi connectivity index (χ3v) is 4.52. The Morgan fingerprint density at radius 3 is 2.64 bits per heavy atom. The van der Waals surface area contributed by atoms with Gasteiger partial charge in [0.2, 0.25) is 0 Å². The molecule has 2 aromatic rings. The summed E-state index contributed by atoms with van der Waals surface area (Å²) in [5.41, 5.74) is 1.30. The van der Waals surface area contributed by atoms with Crippen molar-refractivity contribution in [2.45, 2.75) is 19.6 Å². The monoisotopic (exact) mass is 401 g/mol. The molecular weight excluding hydrogens is 386 g/mol. The minimum absolute atomic E-state index is 0.0390. The molecule has 0 aliphatic carbocycles. The van der Waals surface area contributed by atoms with Gasteiger partial charge >= 0.3 is 12.0 Å². The molecule has 0 saturated heterocycles. The number of esters is 1. The van der Waals surface area contributed by atoms with Crippen LogP contribution in [0, 0.1) is 10.1 Å². The van der Waals surface area contributed by atoms with Crippen molar-refractivity contribution in [2.75, 3.05) is 0 Å². The number of halogens is 1. The van der Waals surface area contributed by atoms with Gasteiger partial charge in [-0.05, 0) is 24.1 Å². The molecular formula is C19H16ClN3O5. The van der Waals surface area contributed by atoms with E-state index in [0.29, 0.717) is 11.3 Å². The highest BCUT2D eigenvalue weighted by Gasteiger charge is 2.33. The molecule has 1 atom stereocenters. The molecule has 0 aromatic heterocycles. The van der Waals surface area contributed by atoms with Crippen LogP contribution in [0.4, 0.5) is 10.5 Å². The summed E-state index contributed by atoms with van der Waals surface area (Å²) in [5, 5.41) is 16.3. The Balaban J connectivity index is 1.91. The third-order valence-electron chi connectivity index (χ3n) is 4.20. The molecule has 144 valence electrons. The fourth-order valence-electron chi connectivity index (χ4n) is 2.86. The number of nitrogens with one attached hydrogen (secondary N) is 2. The van der Waals surface area contributed by atoms with Crippen molar-refractivity contribution in [1.82, 2.24) is 10.6 Å². The molecule has 1 unspecified atom stereocenters. The van der Waals surface area contributed by atoms with Crippen molar-refractivity contribution < 1.29 is 19.2 Å². The predicted molar refractivity (Wildman–Crippen MR) is 101 cm³/mol. The zero-order valence-corrected chi connectivity index (χ0v) is 15.5. The van der Waals surface area contributed by atoms with E-state index in [-0.39, 0.29) is 22.9 Å². The third kappa shape index (κ3) is 4.12. The van der Waals surface area contributed by atoms with Gasteiger partial charge in [0.05, 0.1) is 16.5 Å². The van der Waals surface area contributed by atoms with E-state index in [4.69, 9.17) is 16.3 Å². The van der Waals surface area contributed by atoms with Gasteiger partial charge in [0, 0.05) is 11.8 Å². The SMILES string of the molecule is CC1=C(C(=O)OCc2ccccc2)C(c2ccc(Cl)c([N+](=O)[O-])c2)NC(=O)N1. The lowest BCUT2D eigenvalue weighted by atomic mass is 9.95. The van der Waals surface area contributed by atoms with E-state index < -0.39 is 23.0 Å². The molecule has 1 aliphatic heterocycles. The van der Waals surface area contributed by atoms with Gasteiger partial charge in [-0.15, -0.1) is 0 Å². The zero-order valence-electron chi connectivity index (χ0n) is 14.8. The molecule has 0 radical (unpaired) electrons. The van der Waals surface area contributed by atoms with E-state index in [0.717, 1.165) is 5.56 Å². The van der Waals surface area contributed by atoms with Crippen molar-refractivity contribution in [1.29, 1.82) is 0 Å². The first-order chi connectivity index (χ1) is 13.4. The molecule has 28 heavy (non-hydrogen) atoms. The van der Waals surface area contributed by atoms with Gasteiger partial charge in [-0.1, -0.05) is 48.0 Å². The van der Waals surface area contributed by atoms with Crippen LogP contribution < -0.4 is 10.6 Å². The van der Waals surface area contributed by atoms with Crippen LogP contribution in [0.25, 0.3) is 0 Å². The second-order valence-corrected chi connectivity index (χ2v) is 6.51. The molecule has 3 rings (SSSR count). The number of urea groups is 1. The highest BCUT2D eigenvalue weighted by molar-refractivity contribution is 6.32. The molecule has 0 fully saturated rings. The summed E-state index contributed by atoms with van der Waals surface area (Å²) in [5.74, 6) is -0.642. The van der Waals surface area contributed by atoms with Crippen LogP contribution in [0.5, 0.6) is 0 Å². The number of hydrogen-bond donors (Lipinski definition) is 2. The molecule has 2 aromatic carbocycles. The lowest BCUT2D eigenvalue weighted by molar-refractivity contribution is -0.384. The summed E-state index contributed by atoms with van der Waals surface area (Å²) < 4.78 is 5.38. The van der Waals surface area contributed by atoms with Gasteiger partial charge in [0.1, 0.15) is 11.6 Å². The Kier molecular flexibility index (Phi) is 5.60.